The maximum Gasteiger partial charge on any atom is 0.305 e. The molecule has 1 rings (SSSR count). The van der Waals surface area contributed by atoms with Crippen molar-refractivity contribution in [3.05, 3.63) is 0 Å². The highest BCUT2D eigenvalue weighted by atomic mass is 16.7. The van der Waals surface area contributed by atoms with Gasteiger partial charge < -0.3 is 23.7 Å². The Hall–Kier alpha value is -0.690. The first-order valence-corrected chi connectivity index (χ1v) is 5.46. The van der Waals surface area contributed by atoms with E-state index in [9.17, 15) is 4.79 Å². The van der Waals surface area contributed by atoms with Crippen LogP contribution < -0.4 is 0 Å². The van der Waals surface area contributed by atoms with Gasteiger partial charge in [-0.3, -0.25) is 4.79 Å². The normalized spacial score (nSPS) is 37.8. The summed E-state index contributed by atoms with van der Waals surface area (Å²) >= 11 is 0. The quantitative estimate of drug-likeness (QED) is 0.668. The number of carbonyl (C=O) groups excluding carboxylic acids is 1. The van der Waals surface area contributed by atoms with Crippen molar-refractivity contribution in [1.82, 2.24) is 0 Å². The number of rotatable bonds is 4. The van der Waals surface area contributed by atoms with Gasteiger partial charge in [0, 0.05) is 28.3 Å². The zero-order valence-corrected chi connectivity index (χ0v) is 10.8. The van der Waals surface area contributed by atoms with Crippen LogP contribution >= 0.6 is 0 Å². The van der Waals surface area contributed by atoms with Crippen molar-refractivity contribution in [2.24, 2.45) is 0 Å². The van der Waals surface area contributed by atoms with Crippen LogP contribution in [0.3, 0.4) is 0 Å². The Morgan fingerprint density at radius 1 is 1.00 bits per heavy atom. The maximum absolute atomic E-state index is 11.0. The fourth-order valence-corrected chi connectivity index (χ4v) is 2.07. The third kappa shape index (κ3) is 3.16. The highest BCUT2D eigenvalue weighted by Crippen LogP contribution is 2.27. The minimum Gasteiger partial charge on any atom is -0.433 e. The SMILES string of the molecule is COC1C(C)OC(OC(C)=O)C(OC)C1OC. The van der Waals surface area contributed by atoms with Crippen molar-refractivity contribution in [3.63, 3.8) is 0 Å². The summed E-state index contributed by atoms with van der Waals surface area (Å²) in [4.78, 5) is 11.0. The second-order valence-corrected chi connectivity index (χ2v) is 3.92. The molecule has 1 aliphatic heterocycles. The number of esters is 1. The number of ether oxygens (including phenoxy) is 5. The van der Waals surface area contributed by atoms with Crippen molar-refractivity contribution in [2.75, 3.05) is 21.3 Å². The van der Waals surface area contributed by atoms with Gasteiger partial charge in [-0.1, -0.05) is 0 Å². The maximum atomic E-state index is 11.0. The highest BCUT2D eigenvalue weighted by Gasteiger charge is 2.46. The van der Waals surface area contributed by atoms with Crippen LogP contribution in [-0.2, 0) is 28.5 Å². The molecule has 6 nitrogen and oxygen atoms in total. The summed E-state index contributed by atoms with van der Waals surface area (Å²) < 4.78 is 26.6. The standard InChI is InChI=1S/C11H20O6/c1-6-8(13-3)9(14-4)10(15-5)11(16-6)17-7(2)12/h6,8-11H,1-5H3. The average molecular weight is 248 g/mol. The van der Waals surface area contributed by atoms with Gasteiger partial charge in [0.05, 0.1) is 6.10 Å². The van der Waals surface area contributed by atoms with Gasteiger partial charge >= 0.3 is 5.97 Å². The van der Waals surface area contributed by atoms with Crippen LogP contribution in [0.25, 0.3) is 0 Å². The average Bonchev–Trinajstić information content (AvgIpc) is 2.27. The largest absolute Gasteiger partial charge is 0.433 e. The van der Waals surface area contributed by atoms with Gasteiger partial charge in [0.25, 0.3) is 0 Å². The molecule has 0 N–H and O–H groups in total. The van der Waals surface area contributed by atoms with Gasteiger partial charge in [0.15, 0.2) is 0 Å². The van der Waals surface area contributed by atoms with Crippen LogP contribution in [0.5, 0.6) is 0 Å². The van der Waals surface area contributed by atoms with Crippen LogP contribution in [0.2, 0.25) is 0 Å². The number of carbonyl (C=O) groups is 1. The Labute approximate surface area is 101 Å². The third-order valence-corrected chi connectivity index (χ3v) is 2.83. The zero-order chi connectivity index (χ0) is 13.0. The van der Waals surface area contributed by atoms with Crippen LogP contribution in [0, 0.1) is 0 Å². The van der Waals surface area contributed by atoms with Gasteiger partial charge in [-0.25, -0.2) is 0 Å². The Balaban J connectivity index is 2.84. The second kappa shape index (κ2) is 6.30. The predicted molar refractivity (Wildman–Crippen MR) is 58.5 cm³/mol. The van der Waals surface area contributed by atoms with E-state index in [1.54, 1.807) is 14.2 Å². The molecule has 1 saturated heterocycles. The van der Waals surface area contributed by atoms with E-state index < -0.39 is 18.4 Å². The summed E-state index contributed by atoms with van der Waals surface area (Å²) in [6, 6.07) is 0. The molecule has 6 heteroatoms. The first-order valence-electron chi connectivity index (χ1n) is 5.46. The van der Waals surface area contributed by atoms with Crippen molar-refractivity contribution < 1.29 is 28.5 Å². The van der Waals surface area contributed by atoms with Crippen LogP contribution in [0.15, 0.2) is 0 Å². The Bertz CT molecular complexity index is 256. The van der Waals surface area contributed by atoms with Crippen molar-refractivity contribution in [1.29, 1.82) is 0 Å². The fraction of sp³-hybridized carbons (Fsp3) is 0.909. The van der Waals surface area contributed by atoms with E-state index in [0.717, 1.165) is 0 Å². The lowest BCUT2D eigenvalue weighted by molar-refractivity contribution is -0.296. The van der Waals surface area contributed by atoms with Gasteiger partial charge in [0.1, 0.15) is 18.3 Å². The summed E-state index contributed by atoms with van der Waals surface area (Å²) in [7, 11) is 4.65. The number of hydrogen-bond acceptors (Lipinski definition) is 6. The molecule has 0 aromatic heterocycles. The molecule has 0 aromatic carbocycles. The molecular formula is C11H20O6. The van der Waals surface area contributed by atoms with E-state index in [0.29, 0.717) is 0 Å². The minimum absolute atomic E-state index is 0.249. The summed E-state index contributed by atoms with van der Waals surface area (Å²) in [5, 5.41) is 0. The minimum atomic E-state index is -0.774. The lowest BCUT2D eigenvalue weighted by Crippen LogP contribution is -2.59. The first-order chi connectivity index (χ1) is 8.04. The molecular weight excluding hydrogens is 228 g/mol. The van der Waals surface area contributed by atoms with Gasteiger partial charge in [-0.2, -0.15) is 0 Å². The van der Waals surface area contributed by atoms with Crippen molar-refractivity contribution in [2.45, 2.75) is 44.6 Å². The molecule has 1 fully saturated rings. The van der Waals surface area contributed by atoms with Crippen molar-refractivity contribution >= 4 is 5.97 Å². The molecule has 0 saturated carbocycles. The second-order valence-electron chi connectivity index (χ2n) is 3.92. The lowest BCUT2D eigenvalue weighted by Gasteiger charge is -2.43. The first kappa shape index (κ1) is 14.4. The molecule has 1 heterocycles. The van der Waals surface area contributed by atoms with Gasteiger partial charge in [-0.15, -0.1) is 0 Å². The summed E-state index contributed by atoms with van der Waals surface area (Å²) in [6.45, 7) is 3.16. The molecule has 17 heavy (non-hydrogen) atoms. The number of hydrogen-bond donors (Lipinski definition) is 0. The molecule has 1 aliphatic rings. The Morgan fingerprint density at radius 2 is 1.53 bits per heavy atom. The van der Waals surface area contributed by atoms with E-state index in [1.165, 1.54) is 14.0 Å². The third-order valence-electron chi connectivity index (χ3n) is 2.83. The predicted octanol–water partition coefficient (Wildman–Crippen LogP) is 0.339. The van der Waals surface area contributed by atoms with Crippen LogP contribution in [0.1, 0.15) is 13.8 Å². The molecule has 0 bridgehead atoms. The van der Waals surface area contributed by atoms with E-state index in [4.69, 9.17) is 23.7 Å². The van der Waals surface area contributed by atoms with Crippen molar-refractivity contribution in [3.8, 4) is 0 Å². The monoisotopic (exact) mass is 248 g/mol. The van der Waals surface area contributed by atoms with Gasteiger partial charge in [0.2, 0.25) is 6.29 Å². The summed E-state index contributed by atoms with van der Waals surface area (Å²) in [5.41, 5.74) is 0. The van der Waals surface area contributed by atoms with Gasteiger partial charge in [-0.05, 0) is 6.92 Å². The zero-order valence-electron chi connectivity index (χ0n) is 10.8. The summed E-state index contributed by atoms with van der Waals surface area (Å²) in [6.07, 6.45) is -2.15. The van der Waals surface area contributed by atoms with E-state index in [1.807, 2.05) is 6.92 Å². The Kier molecular flexibility index (Phi) is 5.32. The highest BCUT2D eigenvalue weighted by molar-refractivity contribution is 5.66. The molecule has 5 unspecified atom stereocenters. The smallest absolute Gasteiger partial charge is 0.305 e. The van der Waals surface area contributed by atoms with Crippen LogP contribution in [-0.4, -0.2) is 58.0 Å². The molecule has 0 amide bonds. The molecule has 0 aromatic rings. The van der Waals surface area contributed by atoms with Crippen LogP contribution in [0.4, 0.5) is 0 Å². The van der Waals surface area contributed by atoms with E-state index in [2.05, 4.69) is 0 Å². The lowest BCUT2D eigenvalue weighted by atomic mass is 9.99. The number of methoxy groups -OCH3 is 3. The molecule has 100 valence electrons. The molecule has 5 atom stereocenters. The van der Waals surface area contributed by atoms with E-state index >= 15 is 0 Å². The molecule has 0 spiro atoms. The van der Waals surface area contributed by atoms with E-state index in [-0.39, 0.29) is 18.3 Å². The fourth-order valence-electron chi connectivity index (χ4n) is 2.07. The Morgan fingerprint density at radius 3 is 1.94 bits per heavy atom. The molecule has 0 radical (unpaired) electrons. The summed E-state index contributed by atoms with van der Waals surface area (Å²) in [5.74, 6) is -0.421. The topological polar surface area (TPSA) is 63.2 Å². The molecule has 0 aliphatic carbocycles.